The molecule has 0 bridgehead atoms. The Labute approximate surface area is 115 Å². The maximum Gasteiger partial charge on any atom is 0.488 e. The van der Waals surface area contributed by atoms with Gasteiger partial charge in [0.05, 0.1) is 6.20 Å². The first kappa shape index (κ1) is 14.2. The summed E-state index contributed by atoms with van der Waals surface area (Å²) >= 11 is 0. The molecule has 1 aromatic carbocycles. The van der Waals surface area contributed by atoms with Crippen LogP contribution in [0.4, 0.5) is 10.2 Å². The molecule has 0 aliphatic rings. The largest absolute Gasteiger partial charge is 0.488 e. The molecule has 0 radical (unpaired) electrons. The maximum absolute atomic E-state index is 13.7. The van der Waals surface area contributed by atoms with E-state index < -0.39 is 18.8 Å². The lowest BCUT2D eigenvalue weighted by atomic mass is 9.76. The van der Waals surface area contributed by atoms with Gasteiger partial charge in [0.1, 0.15) is 11.6 Å². The molecule has 3 N–H and O–H groups in total. The van der Waals surface area contributed by atoms with Gasteiger partial charge in [-0.3, -0.25) is 9.48 Å². The Balaban J connectivity index is 2.33. The number of aryl methyl sites for hydroxylation is 1. The molecule has 0 aliphatic heterocycles. The van der Waals surface area contributed by atoms with E-state index in [2.05, 4.69) is 10.4 Å². The number of hydrogen-bond donors (Lipinski definition) is 3. The van der Waals surface area contributed by atoms with Crippen LogP contribution in [0.2, 0.25) is 0 Å². The summed E-state index contributed by atoms with van der Waals surface area (Å²) in [7, 11) is -0.192. The molecule has 2 aromatic rings. The minimum Gasteiger partial charge on any atom is -0.423 e. The second kappa shape index (κ2) is 5.44. The molecule has 6 nitrogen and oxygen atoms in total. The third-order valence-electron chi connectivity index (χ3n) is 2.99. The number of rotatable bonds is 3. The van der Waals surface area contributed by atoms with Gasteiger partial charge in [-0.25, -0.2) is 4.39 Å². The fraction of sp³-hybridized carbons (Fsp3) is 0.167. The molecule has 0 saturated heterocycles. The predicted octanol–water partition coefficient (Wildman–Crippen LogP) is -0.200. The number of carbonyl (C=O) groups is 1. The maximum atomic E-state index is 13.7. The van der Waals surface area contributed by atoms with E-state index in [9.17, 15) is 19.2 Å². The summed E-state index contributed by atoms with van der Waals surface area (Å²) in [6.45, 7) is 1.41. The molecular weight excluding hydrogens is 264 g/mol. The molecule has 0 spiro atoms. The zero-order chi connectivity index (χ0) is 14.9. The fourth-order valence-corrected chi connectivity index (χ4v) is 1.78. The summed E-state index contributed by atoms with van der Waals surface area (Å²) in [4.78, 5) is 12.0. The number of halogens is 1. The van der Waals surface area contributed by atoms with Crippen molar-refractivity contribution in [1.82, 2.24) is 9.78 Å². The van der Waals surface area contributed by atoms with Gasteiger partial charge in [-0.15, -0.1) is 0 Å². The summed E-state index contributed by atoms with van der Waals surface area (Å²) in [6, 6.07) is 3.88. The molecule has 0 aliphatic carbocycles. The molecule has 0 atom stereocenters. The highest BCUT2D eigenvalue weighted by atomic mass is 19.1. The molecule has 0 unspecified atom stereocenters. The van der Waals surface area contributed by atoms with Crippen molar-refractivity contribution in [3.8, 4) is 0 Å². The van der Waals surface area contributed by atoms with Gasteiger partial charge in [0.25, 0.3) is 5.91 Å². The van der Waals surface area contributed by atoms with Crippen molar-refractivity contribution >= 4 is 24.3 Å². The highest BCUT2D eigenvalue weighted by molar-refractivity contribution is 6.59. The van der Waals surface area contributed by atoms with Crippen LogP contribution in [0.25, 0.3) is 0 Å². The molecule has 8 heteroatoms. The van der Waals surface area contributed by atoms with Crippen LogP contribution in [0.1, 0.15) is 15.9 Å². The molecular formula is C12H13BFN3O3. The van der Waals surface area contributed by atoms with Gasteiger partial charge in [0, 0.05) is 18.7 Å². The highest BCUT2D eigenvalue weighted by Crippen LogP contribution is 2.11. The fourth-order valence-electron chi connectivity index (χ4n) is 1.78. The molecule has 104 valence electrons. The SMILES string of the molecule is Cc1c(F)cc(C(=O)Nc2ccnn2C)cc1B(O)O. The number of benzene rings is 1. The van der Waals surface area contributed by atoms with Gasteiger partial charge in [-0.2, -0.15) is 5.10 Å². The van der Waals surface area contributed by atoms with Gasteiger partial charge in [-0.05, 0) is 30.1 Å². The van der Waals surface area contributed by atoms with Gasteiger partial charge in [0.15, 0.2) is 0 Å². The summed E-state index contributed by atoms with van der Waals surface area (Å²) in [5.74, 6) is -0.790. The molecule has 2 rings (SSSR count). The van der Waals surface area contributed by atoms with Gasteiger partial charge in [0.2, 0.25) is 0 Å². The van der Waals surface area contributed by atoms with Crippen molar-refractivity contribution in [3.63, 3.8) is 0 Å². The lowest BCUT2D eigenvalue weighted by molar-refractivity contribution is 0.102. The highest BCUT2D eigenvalue weighted by Gasteiger charge is 2.20. The third kappa shape index (κ3) is 2.71. The van der Waals surface area contributed by atoms with Gasteiger partial charge < -0.3 is 15.4 Å². The van der Waals surface area contributed by atoms with E-state index in [1.165, 1.54) is 23.9 Å². The number of hydrogen-bond acceptors (Lipinski definition) is 4. The number of amides is 1. The van der Waals surface area contributed by atoms with Crippen LogP contribution in [0.5, 0.6) is 0 Å². The van der Waals surface area contributed by atoms with Crippen molar-refractivity contribution in [2.75, 3.05) is 5.32 Å². The minimum absolute atomic E-state index is 0.00241. The number of carbonyl (C=O) groups excluding carboxylic acids is 1. The minimum atomic E-state index is -1.84. The van der Waals surface area contributed by atoms with E-state index in [4.69, 9.17) is 0 Å². The molecule has 0 saturated carbocycles. The topological polar surface area (TPSA) is 87.4 Å². The van der Waals surface area contributed by atoms with Gasteiger partial charge >= 0.3 is 7.12 Å². The number of nitrogens with one attached hydrogen (secondary N) is 1. The molecule has 1 amide bonds. The van der Waals surface area contributed by atoms with E-state index in [-0.39, 0.29) is 16.6 Å². The van der Waals surface area contributed by atoms with Crippen LogP contribution < -0.4 is 10.8 Å². The Bertz CT molecular complexity index is 657. The first-order valence-corrected chi connectivity index (χ1v) is 5.85. The third-order valence-corrected chi connectivity index (χ3v) is 2.99. The van der Waals surface area contributed by atoms with Crippen LogP contribution in [0, 0.1) is 12.7 Å². The lowest BCUT2D eigenvalue weighted by Crippen LogP contribution is -2.34. The zero-order valence-corrected chi connectivity index (χ0v) is 11.0. The van der Waals surface area contributed by atoms with Crippen molar-refractivity contribution in [3.05, 3.63) is 41.3 Å². The van der Waals surface area contributed by atoms with Crippen LogP contribution in [-0.4, -0.2) is 32.9 Å². The van der Waals surface area contributed by atoms with Crippen LogP contribution in [0.15, 0.2) is 24.4 Å². The van der Waals surface area contributed by atoms with E-state index in [0.29, 0.717) is 5.82 Å². The Morgan fingerprint density at radius 3 is 2.70 bits per heavy atom. The standard InChI is InChI=1S/C12H13BFN3O3/c1-7-9(13(19)20)5-8(6-10(7)14)12(18)16-11-3-4-15-17(11)2/h3-6,19-20H,1-2H3,(H,16,18). The van der Waals surface area contributed by atoms with Crippen molar-refractivity contribution < 1.29 is 19.2 Å². The second-order valence-corrected chi connectivity index (χ2v) is 4.34. The Hall–Kier alpha value is -2.19. The van der Waals surface area contributed by atoms with Crippen molar-refractivity contribution in [2.24, 2.45) is 7.05 Å². The van der Waals surface area contributed by atoms with Crippen LogP contribution in [-0.2, 0) is 7.05 Å². The average Bonchev–Trinajstić information content (AvgIpc) is 2.77. The van der Waals surface area contributed by atoms with Crippen molar-refractivity contribution in [2.45, 2.75) is 6.92 Å². The summed E-state index contributed by atoms with van der Waals surface area (Å²) in [6.07, 6.45) is 1.51. The van der Waals surface area contributed by atoms with E-state index in [1.807, 2.05) is 0 Å². The monoisotopic (exact) mass is 277 g/mol. The molecule has 20 heavy (non-hydrogen) atoms. The van der Waals surface area contributed by atoms with Gasteiger partial charge in [-0.1, -0.05) is 0 Å². The Morgan fingerprint density at radius 1 is 1.45 bits per heavy atom. The lowest BCUT2D eigenvalue weighted by Gasteiger charge is -2.10. The smallest absolute Gasteiger partial charge is 0.423 e. The average molecular weight is 277 g/mol. The Morgan fingerprint density at radius 2 is 2.15 bits per heavy atom. The Kier molecular flexibility index (Phi) is 3.87. The van der Waals surface area contributed by atoms with E-state index in [0.717, 1.165) is 6.07 Å². The quantitative estimate of drug-likeness (QED) is 0.678. The zero-order valence-electron chi connectivity index (χ0n) is 11.0. The summed E-state index contributed by atoms with van der Waals surface area (Å²) < 4.78 is 15.1. The predicted molar refractivity (Wildman–Crippen MR) is 72.1 cm³/mol. The molecule has 1 heterocycles. The van der Waals surface area contributed by atoms with E-state index in [1.54, 1.807) is 13.1 Å². The summed E-state index contributed by atoms with van der Waals surface area (Å²) in [5.41, 5.74) is 0.0506. The summed E-state index contributed by atoms with van der Waals surface area (Å²) in [5, 5.41) is 24.8. The number of anilines is 1. The number of aromatic nitrogens is 2. The van der Waals surface area contributed by atoms with Crippen LogP contribution >= 0.6 is 0 Å². The normalized spacial score (nSPS) is 10.4. The molecule has 0 fully saturated rings. The van der Waals surface area contributed by atoms with E-state index >= 15 is 0 Å². The number of nitrogens with zero attached hydrogens (tertiary/aromatic N) is 2. The molecule has 1 aromatic heterocycles. The van der Waals surface area contributed by atoms with Crippen molar-refractivity contribution in [1.29, 1.82) is 0 Å². The first-order valence-electron chi connectivity index (χ1n) is 5.85. The second-order valence-electron chi connectivity index (χ2n) is 4.34. The van der Waals surface area contributed by atoms with Crippen LogP contribution in [0.3, 0.4) is 0 Å². The first-order chi connectivity index (χ1) is 9.40.